The molecule has 0 aromatic heterocycles. The first-order valence-corrected chi connectivity index (χ1v) is 8.95. The lowest BCUT2D eigenvalue weighted by Crippen LogP contribution is -2.51. The highest BCUT2D eigenvalue weighted by molar-refractivity contribution is 5.95. The lowest BCUT2D eigenvalue weighted by Gasteiger charge is -2.35. The van der Waals surface area contributed by atoms with Crippen LogP contribution in [0.2, 0.25) is 0 Å². The highest BCUT2D eigenvalue weighted by atomic mass is 16.5. The van der Waals surface area contributed by atoms with E-state index in [0.717, 1.165) is 31.7 Å². The van der Waals surface area contributed by atoms with Gasteiger partial charge in [0.1, 0.15) is 5.75 Å². The Balaban J connectivity index is 1.92. The minimum Gasteiger partial charge on any atom is -0.497 e. The summed E-state index contributed by atoms with van der Waals surface area (Å²) in [6.45, 7) is 4.16. The number of ether oxygens (including phenoxy) is 2. The number of likely N-dealkylation sites (N-methyl/N-ethyl adjacent to an activating group) is 1. The summed E-state index contributed by atoms with van der Waals surface area (Å²) < 4.78 is 10.2. The van der Waals surface area contributed by atoms with Crippen LogP contribution in [0.15, 0.2) is 35.5 Å². The fourth-order valence-corrected chi connectivity index (χ4v) is 3.37. The second kappa shape index (κ2) is 8.41. The van der Waals surface area contributed by atoms with Crippen molar-refractivity contribution in [1.29, 1.82) is 0 Å². The molecule has 2 aliphatic heterocycles. The van der Waals surface area contributed by atoms with E-state index in [9.17, 15) is 9.59 Å². The van der Waals surface area contributed by atoms with E-state index in [1.54, 1.807) is 19.2 Å². The summed E-state index contributed by atoms with van der Waals surface area (Å²) in [5.74, 6) is 0.257. The van der Waals surface area contributed by atoms with Crippen molar-refractivity contribution < 1.29 is 19.1 Å². The van der Waals surface area contributed by atoms with E-state index < -0.39 is 12.0 Å². The van der Waals surface area contributed by atoms with Gasteiger partial charge in [-0.05, 0) is 24.7 Å². The number of nitrogens with zero attached hydrogens (tertiary/aromatic N) is 2. The molecule has 0 aliphatic carbocycles. The Bertz CT molecular complexity index is 724. The largest absolute Gasteiger partial charge is 0.497 e. The molecule has 1 saturated heterocycles. The average molecular weight is 374 g/mol. The van der Waals surface area contributed by atoms with Gasteiger partial charge in [0.2, 0.25) is 0 Å². The molecule has 1 atom stereocenters. The molecule has 0 saturated carbocycles. The Labute approximate surface area is 159 Å². The van der Waals surface area contributed by atoms with Crippen LogP contribution in [0.25, 0.3) is 0 Å². The summed E-state index contributed by atoms with van der Waals surface area (Å²) in [5, 5.41) is 5.64. The standard InChI is InChI=1S/C19H26N4O4/c1-22-8-10-23(11-9-22)12-15-16(18(24)27-3)17(21-19(25)20-15)13-4-6-14(26-2)7-5-13/h4-7,17H,8-12H2,1-3H3,(H2,20,21,25)/t17-/m1/s1. The molecule has 1 fully saturated rings. The molecule has 8 heteroatoms. The van der Waals surface area contributed by atoms with E-state index in [1.807, 2.05) is 12.1 Å². The Morgan fingerprint density at radius 1 is 1.15 bits per heavy atom. The molecule has 1 aromatic rings. The number of carbonyl (C=O) groups is 2. The number of esters is 1. The molecule has 27 heavy (non-hydrogen) atoms. The molecule has 0 spiro atoms. The van der Waals surface area contributed by atoms with Crippen LogP contribution in [0.1, 0.15) is 11.6 Å². The van der Waals surface area contributed by atoms with Crippen molar-refractivity contribution in [2.24, 2.45) is 0 Å². The molecular weight excluding hydrogens is 348 g/mol. The van der Waals surface area contributed by atoms with Crippen LogP contribution < -0.4 is 15.4 Å². The first-order valence-electron chi connectivity index (χ1n) is 8.95. The molecule has 0 unspecified atom stereocenters. The number of hydrogen-bond acceptors (Lipinski definition) is 6. The van der Waals surface area contributed by atoms with Gasteiger partial charge >= 0.3 is 12.0 Å². The molecule has 2 N–H and O–H groups in total. The van der Waals surface area contributed by atoms with Crippen molar-refractivity contribution in [2.75, 3.05) is 54.0 Å². The van der Waals surface area contributed by atoms with Gasteiger partial charge in [-0.3, -0.25) is 4.90 Å². The van der Waals surface area contributed by atoms with Crippen LogP contribution in [-0.4, -0.2) is 75.8 Å². The summed E-state index contributed by atoms with van der Waals surface area (Å²) in [4.78, 5) is 29.3. The first-order chi connectivity index (χ1) is 13.0. The number of methoxy groups -OCH3 is 2. The zero-order chi connectivity index (χ0) is 19.4. The molecule has 1 aromatic carbocycles. The molecule has 2 aliphatic rings. The maximum Gasteiger partial charge on any atom is 0.338 e. The predicted octanol–water partition coefficient (Wildman–Crippen LogP) is 0.724. The van der Waals surface area contributed by atoms with E-state index >= 15 is 0 Å². The fraction of sp³-hybridized carbons (Fsp3) is 0.474. The second-order valence-electron chi connectivity index (χ2n) is 6.77. The predicted molar refractivity (Wildman–Crippen MR) is 100 cm³/mol. The quantitative estimate of drug-likeness (QED) is 0.739. The molecule has 8 nitrogen and oxygen atoms in total. The number of urea groups is 1. The van der Waals surface area contributed by atoms with Crippen LogP contribution in [0.3, 0.4) is 0 Å². The minimum absolute atomic E-state index is 0.326. The number of rotatable bonds is 5. The summed E-state index contributed by atoms with van der Waals surface area (Å²) in [6, 6.07) is 6.39. The Kier molecular flexibility index (Phi) is 5.98. The average Bonchev–Trinajstić information content (AvgIpc) is 2.69. The molecule has 0 bridgehead atoms. The molecule has 3 rings (SSSR count). The topological polar surface area (TPSA) is 83.1 Å². The Morgan fingerprint density at radius 3 is 2.41 bits per heavy atom. The Morgan fingerprint density at radius 2 is 1.81 bits per heavy atom. The third-order valence-corrected chi connectivity index (χ3v) is 4.99. The van der Waals surface area contributed by atoms with E-state index in [4.69, 9.17) is 9.47 Å². The maximum atomic E-state index is 12.6. The maximum absolute atomic E-state index is 12.6. The van der Waals surface area contributed by atoms with Crippen LogP contribution in [0.4, 0.5) is 4.79 Å². The van der Waals surface area contributed by atoms with Gasteiger partial charge in [-0.2, -0.15) is 0 Å². The van der Waals surface area contributed by atoms with Crippen molar-refractivity contribution in [1.82, 2.24) is 20.4 Å². The number of hydrogen-bond donors (Lipinski definition) is 2. The van der Waals surface area contributed by atoms with Crippen molar-refractivity contribution in [3.8, 4) is 5.75 Å². The highest BCUT2D eigenvalue weighted by Gasteiger charge is 2.34. The second-order valence-corrected chi connectivity index (χ2v) is 6.77. The van der Waals surface area contributed by atoms with Crippen molar-refractivity contribution in [2.45, 2.75) is 6.04 Å². The minimum atomic E-state index is -0.570. The summed E-state index contributed by atoms with van der Waals surface area (Å²) in [6.07, 6.45) is 0. The van der Waals surface area contributed by atoms with Gasteiger partial charge in [-0.15, -0.1) is 0 Å². The van der Waals surface area contributed by atoms with E-state index in [2.05, 4.69) is 27.5 Å². The first kappa shape index (κ1) is 19.2. The summed E-state index contributed by atoms with van der Waals surface area (Å²) in [7, 11) is 5.03. The van der Waals surface area contributed by atoms with Crippen LogP contribution in [0, 0.1) is 0 Å². The van der Waals surface area contributed by atoms with Crippen LogP contribution >= 0.6 is 0 Å². The van der Waals surface area contributed by atoms with E-state index in [1.165, 1.54) is 7.11 Å². The van der Waals surface area contributed by atoms with Crippen molar-refractivity contribution in [3.63, 3.8) is 0 Å². The zero-order valence-electron chi connectivity index (χ0n) is 15.9. The number of piperazine rings is 1. The number of nitrogens with one attached hydrogen (secondary N) is 2. The lowest BCUT2D eigenvalue weighted by molar-refractivity contribution is -0.136. The van der Waals surface area contributed by atoms with Gasteiger partial charge in [0, 0.05) is 38.4 Å². The number of benzene rings is 1. The van der Waals surface area contributed by atoms with Crippen molar-refractivity contribution in [3.05, 3.63) is 41.1 Å². The molecule has 146 valence electrons. The third-order valence-electron chi connectivity index (χ3n) is 4.99. The van der Waals surface area contributed by atoms with Gasteiger partial charge in [-0.25, -0.2) is 9.59 Å². The van der Waals surface area contributed by atoms with Crippen molar-refractivity contribution >= 4 is 12.0 Å². The zero-order valence-corrected chi connectivity index (χ0v) is 15.9. The third kappa shape index (κ3) is 4.40. The monoisotopic (exact) mass is 374 g/mol. The number of carbonyl (C=O) groups excluding carboxylic acids is 2. The van der Waals surface area contributed by atoms with Gasteiger partial charge in [0.15, 0.2) is 0 Å². The van der Waals surface area contributed by atoms with Gasteiger partial charge in [0.05, 0.1) is 25.8 Å². The molecular formula is C19H26N4O4. The van der Waals surface area contributed by atoms with Crippen LogP contribution in [0.5, 0.6) is 5.75 Å². The highest BCUT2D eigenvalue weighted by Crippen LogP contribution is 2.29. The van der Waals surface area contributed by atoms with Crippen LogP contribution in [-0.2, 0) is 9.53 Å². The molecule has 2 amide bonds. The normalized spacial score (nSPS) is 21.4. The SMILES string of the molecule is COC(=O)C1=C(CN2CCN(C)CC2)NC(=O)N[C@@H]1c1ccc(OC)cc1. The van der Waals surface area contributed by atoms with E-state index in [0.29, 0.717) is 23.6 Å². The summed E-state index contributed by atoms with van der Waals surface area (Å²) >= 11 is 0. The number of amides is 2. The molecule has 2 heterocycles. The molecule has 0 radical (unpaired) electrons. The lowest BCUT2D eigenvalue weighted by atomic mass is 9.95. The Hall–Kier alpha value is -2.58. The van der Waals surface area contributed by atoms with Gasteiger partial charge in [0.25, 0.3) is 0 Å². The van der Waals surface area contributed by atoms with Gasteiger partial charge in [-0.1, -0.05) is 12.1 Å². The van der Waals surface area contributed by atoms with E-state index in [-0.39, 0.29) is 6.03 Å². The smallest absolute Gasteiger partial charge is 0.338 e. The summed E-state index contributed by atoms with van der Waals surface area (Å²) in [5.41, 5.74) is 1.82. The fourth-order valence-electron chi connectivity index (χ4n) is 3.37. The van der Waals surface area contributed by atoms with Gasteiger partial charge < -0.3 is 25.0 Å².